The van der Waals surface area contributed by atoms with Crippen LogP contribution in [-0.4, -0.2) is 56.6 Å². The largest absolute Gasteiger partial charge is 0.478 e. The van der Waals surface area contributed by atoms with E-state index in [-0.39, 0.29) is 6.23 Å². The van der Waals surface area contributed by atoms with Gasteiger partial charge >= 0.3 is 11.9 Å². The summed E-state index contributed by atoms with van der Waals surface area (Å²) in [6.07, 6.45) is 5.07. The van der Waals surface area contributed by atoms with Gasteiger partial charge in [0.2, 0.25) is 5.88 Å². The maximum absolute atomic E-state index is 9.55. The van der Waals surface area contributed by atoms with E-state index in [1.54, 1.807) is 0 Å². The number of aliphatic carboxylic acids is 2. The number of carbonyl (C=O) groups is 2. The van der Waals surface area contributed by atoms with Crippen LogP contribution in [0.25, 0.3) is 11.3 Å². The number of H-pyrrole nitrogens is 1. The van der Waals surface area contributed by atoms with Crippen LogP contribution in [0.3, 0.4) is 0 Å². The van der Waals surface area contributed by atoms with Crippen molar-refractivity contribution in [1.82, 2.24) is 15.1 Å². The maximum Gasteiger partial charge on any atom is 0.328 e. The van der Waals surface area contributed by atoms with E-state index in [9.17, 15) is 9.59 Å². The first-order valence-corrected chi connectivity index (χ1v) is 9.11. The molecule has 3 rings (SSSR count). The predicted molar refractivity (Wildman–Crippen MR) is 104 cm³/mol. The molecule has 8 nitrogen and oxygen atoms in total. The zero-order chi connectivity index (χ0) is 20.4. The molecule has 1 aromatic heterocycles. The van der Waals surface area contributed by atoms with Gasteiger partial charge in [-0.05, 0) is 25.3 Å². The number of hydrogen-bond donors (Lipinski definition) is 3. The minimum absolute atomic E-state index is 0.0854. The predicted octanol–water partition coefficient (Wildman–Crippen LogP) is 3.00. The molecular weight excluding hydrogens is 362 g/mol. The van der Waals surface area contributed by atoms with Crippen LogP contribution >= 0.6 is 0 Å². The van der Waals surface area contributed by atoms with Crippen LogP contribution in [0.2, 0.25) is 0 Å². The second kappa shape index (κ2) is 10.9. The molecule has 2 aromatic rings. The summed E-state index contributed by atoms with van der Waals surface area (Å²) in [5.41, 5.74) is 2.12. The Morgan fingerprint density at radius 3 is 2.29 bits per heavy atom. The number of rotatable bonds is 6. The Kier molecular flexibility index (Phi) is 8.23. The lowest BCUT2D eigenvalue weighted by Crippen LogP contribution is -2.40. The van der Waals surface area contributed by atoms with Gasteiger partial charge < -0.3 is 14.9 Å². The third-order valence-electron chi connectivity index (χ3n) is 4.20. The number of aromatic nitrogens is 2. The van der Waals surface area contributed by atoms with Crippen molar-refractivity contribution in [3.8, 4) is 17.1 Å². The molecule has 28 heavy (non-hydrogen) atoms. The smallest absolute Gasteiger partial charge is 0.328 e. The van der Waals surface area contributed by atoms with Crippen molar-refractivity contribution in [2.45, 2.75) is 32.4 Å². The monoisotopic (exact) mass is 387 g/mol. The van der Waals surface area contributed by atoms with Gasteiger partial charge in [0.05, 0.1) is 5.69 Å². The molecule has 0 amide bonds. The van der Waals surface area contributed by atoms with Crippen LogP contribution < -0.4 is 4.74 Å². The molecule has 3 N–H and O–H groups in total. The van der Waals surface area contributed by atoms with Crippen molar-refractivity contribution >= 4 is 11.9 Å². The summed E-state index contributed by atoms with van der Waals surface area (Å²) in [6, 6.07) is 12.1. The third-order valence-corrected chi connectivity index (χ3v) is 4.20. The molecule has 8 heteroatoms. The van der Waals surface area contributed by atoms with E-state index >= 15 is 0 Å². The topological polar surface area (TPSA) is 116 Å². The zero-order valence-electron chi connectivity index (χ0n) is 15.7. The molecule has 0 saturated carbocycles. The van der Waals surface area contributed by atoms with E-state index in [1.807, 2.05) is 24.3 Å². The van der Waals surface area contributed by atoms with Crippen LogP contribution in [0.15, 0.2) is 48.6 Å². The number of carboxylic acids is 2. The minimum atomic E-state index is -1.26. The average molecular weight is 387 g/mol. The van der Waals surface area contributed by atoms with E-state index in [1.165, 1.54) is 19.3 Å². The molecule has 1 aliphatic rings. The lowest BCUT2D eigenvalue weighted by molar-refractivity contribution is -0.134. The van der Waals surface area contributed by atoms with Crippen LogP contribution in [0, 0.1) is 0 Å². The van der Waals surface area contributed by atoms with Gasteiger partial charge in [0.25, 0.3) is 0 Å². The maximum atomic E-state index is 9.55. The average Bonchev–Trinajstić information content (AvgIpc) is 3.17. The Labute approximate surface area is 163 Å². The number of aromatic amines is 1. The summed E-state index contributed by atoms with van der Waals surface area (Å²) in [4.78, 5) is 21.5. The highest BCUT2D eigenvalue weighted by atomic mass is 16.5. The molecule has 2 heterocycles. The quantitative estimate of drug-likeness (QED) is 0.653. The first-order valence-electron chi connectivity index (χ1n) is 9.11. The van der Waals surface area contributed by atoms with Gasteiger partial charge in [0.1, 0.15) is 0 Å². The number of likely N-dealkylation sites (tertiary alicyclic amines) is 1. The van der Waals surface area contributed by atoms with Crippen molar-refractivity contribution in [2.75, 3.05) is 13.1 Å². The van der Waals surface area contributed by atoms with Crippen LogP contribution in [0.4, 0.5) is 0 Å². The Hall–Kier alpha value is -3.13. The highest BCUT2D eigenvalue weighted by Gasteiger charge is 2.18. The highest BCUT2D eigenvalue weighted by Crippen LogP contribution is 2.22. The molecule has 0 spiro atoms. The summed E-state index contributed by atoms with van der Waals surface area (Å²) in [7, 11) is 0. The summed E-state index contributed by atoms with van der Waals surface area (Å²) >= 11 is 0. The fraction of sp³-hybridized carbons (Fsp3) is 0.350. The molecule has 0 radical (unpaired) electrons. The lowest BCUT2D eigenvalue weighted by atomic mass is 10.1. The van der Waals surface area contributed by atoms with E-state index in [4.69, 9.17) is 14.9 Å². The lowest BCUT2D eigenvalue weighted by Gasteiger charge is -2.31. The van der Waals surface area contributed by atoms with E-state index < -0.39 is 11.9 Å². The summed E-state index contributed by atoms with van der Waals surface area (Å²) in [5, 5.41) is 22.9. The molecule has 1 fully saturated rings. The molecule has 1 saturated heterocycles. The molecular formula is C20H25N3O5. The molecule has 1 aliphatic heterocycles. The van der Waals surface area contributed by atoms with Gasteiger partial charge in [-0.25, -0.2) is 9.59 Å². The molecule has 0 aliphatic carbocycles. The fourth-order valence-corrected chi connectivity index (χ4v) is 2.80. The van der Waals surface area contributed by atoms with E-state index in [0.29, 0.717) is 18.0 Å². The molecule has 150 valence electrons. The fourth-order valence-electron chi connectivity index (χ4n) is 2.80. The zero-order valence-corrected chi connectivity index (χ0v) is 15.7. The Balaban J connectivity index is 0.000000300. The normalized spacial score (nSPS) is 15.5. The van der Waals surface area contributed by atoms with Crippen molar-refractivity contribution in [3.05, 3.63) is 48.6 Å². The molecule has 1 unspecified atom stereocenters. The Morgan fingerprint density at radius 1 is 1.11 bits per heavy atom. The van der Waals surface area contributed by atoms with Crippen molar-refractivity contribution < 1.29 is 24.5 Å². The number of benzene rings is 1. The molecule has 0 bridgehead atoms. The van der Waals surface area contributed by atoms with E-state index in [0.717, 1.165) is 24.3 Å². The number of piperidine rings is 1. The van der Waals surface area contributed by atoms with Crippen LogP contribution in [0.1, 0.15) is 26.2 Å². The number of nitrogens with one attached hydrogen (secondary N) is 1. The first-order chi connectivity index (χ1) is 13.5. The summed E-state index contributed by atoms with van der Waals surface area (Å²) in [5.74, 6) is -1.85. The van der Waals surface area contributed by atoms with Gasteiger partial charge in [-0.3, -0.25) is 10.00 Å². The van der Waals surface area contributed by atoms with Crippen molar-refractivity contribution in [1.29, 1.82) is 0 Å². The second-order valence-electron chi connectivity index (χ2n) is 6.31. The van der Waals surface area contributed by atoms with Crippen molar-refractivity contribution in [3.63, 3.8) is 0 Å². The number of ether oxygens (including phenoxy) is 1. The van der Waals surface area contributed by atoms with Gasteiger partial charge in [-0.2, -0.15) is 0 Å². The van der Waals surface area contributed by atoms with Gasteiger partial charge in [-0.15, -0.1) is 5.10 Å². The standard InChI is InChI=1S/C16H21N3O.C4H4O4/c1-13(19-10-6-3-7-11-19)20-16-12-15(17-18-16)14-8-4-2-5-9-14;5-3(6)1-2-4(7)8/h2,4-5,8-9,12-13H,3,6-7,10-11H2,1H3,(H,17,18);1-2H,(H,5,6)(H,7,8)/b;2-1-. The molecule has 1 aromatic carbocycles. The van der Waals surface area contributed by atoms with Crippen molar-refractivity contribution in [2.24, 2.45) is 0 Å². The van der Waals surface area contributed by atoms with Gasteiger partial charge in [0, 0.05) is 31.3 Å². The third kappa shape index (κ3) is 7.24. The van der Waals surface area contributed by atoms with Crippen LogP contribution in [-0.2, 0) is 9.59 Å². The first kappa shape index (κ1) is 21.2. The van der Waals surface area contributed by atoms with Gasteiger partial charge in [-0.1, -0.05) is 36.8 Å². The minimum Gasteiger partial charge on any atom is -0.478 e. The Morgan fingerprint density at radius 2 is 1.71 bits per heavy atom. The second-order valence-corrected chi connectivity index (χ2v) is 6.31. The number of nitrogens with zero attached hydrogens (tertiary/aromatic N) is 2. The van der Waals surface area contributed by atoms with E-state index in [2.05, 4.69) is 34.2 Å². The summed E-state index contributed by atoms with van der Waals surface area (Å²) < 4.78 is 5.94. The SMILES string of the molecule is CC(Oc1cc(-c2ccccc2)[nH]n1)N1CCCCC1.O=C(O)/C=C\C(=O)O. The van der Waals surface area contributed by atoms with Gasteiger partial charge in [0.15, 0.2) is 6.23 Å². The van der Waals surface area contributed by atoms with Crippen LogP contribution in [0.5, 0.6) is 5.88 Å². The number of carboxylic acid groups (broad SMARTS) is 2. The summed E-state index contributed by atoms with van der Waals surface area (Å²) in [6.45, 7) is 4.34. The highest BCUT2D eigenvalue weighted by molar-refractivity contribution is 5.89. The number of hydrogen-bond acceptors (Lipinski definition) is 5. The molecule has 1 atom stereocenters. The Bertz CT molecular complexity index is 766.